The summed E-state index contributed by atoms with van der Waals surface area (Å²) in [5, 5.41) is 3.37. The molecular weight excluding hydrogens is 262 g/mol. The standard InChI is InChI=1S/C13H29N3O2S/c1-5-6-10-15(4)19(17,18)16(12(2)3)11-13-8-7-9-14-13/h12-14H,5-11H2,1-4H3. The van der Waals surface area contributed by atoms with Gasteiger partial charge in [-0.3, -0.25) is 0 Å². The summed E-state index contributed by atoms with van der Waals surface area (Å²) in [6.45, 7) is 8.14. The van der Waals surface area contributed by atoms with Crippen molar-refractivity contribution in [2.75, 3.05) is 26.7 Å². The fourth-order valence-corrected chi connectivity index (χ4v) is 4.00. The Labute approximate surface area is 118 Å². The maximum absolute atomic E-state index is 12.6. The second-order valence-electron chi connectivity index (χ2n) is 5.64. The predicted molar refractivity (Wildman–Crippen MR) is 79.3 cm³/mol. The molecule has 1 saturated heterocycles. The molecule has 1 aliphatic rings. The van der Waals surface area contributed by atoms with Crippen molar-refractivity contribution in [3.63, 3.8) is 0 Å². The Morgan fingerprint density at radius 2 is 2.05 bits per heavy atom. The molecule has 1 aliphatic heterocycles. The molecule has 0 spiro atoms. The Kier molecular flexibility index (Phi) is 6.73. The van der Waals surface area contributed by atoms with E-state index in [1.165, 1.54) is 4.31 Å². The largest absolute Gasteiger partial charge is 0.313 e. The summed E-state index contributed by atoms with van der Waals surface area (Å²) in [5.41, 5.74) is 0. The van der Waals surface area contributed by atoms with Crippen molar-refractivity contribution in [1.29, 1.82) is 0 Å². The molecule has 6 heteroatoms. The lowest BCUT2D eigenvalue weighted by molar-refractivity contribution is 0.294. The van der Waals surface area contributed by atoms with Crippen molar-refractivity contribution in [3.8, 4) is 0 Å². The summed E-state index contributed by atoms with van der Waals surface area (Å²) in [4.78, 5) is 0. The molecule has 0 saturated carbocycles. The Morgan fingerprint density at radius 1 is 1.37 bits per heavy atom. The van der Waals surface area contributed by atoms with Gasteiger partial charge in [0, 0.05) is 32.2 Å². The van der Waals surface area contributed by atoms with Crippen molar-refractivity contribution in [2.45, 2.75) is 58.5 Å². The highest BCUT2D eigenvalue weighted by Gasteiger charge is 2.31. The van der Waals surface area contributed by atoms with Gasteiger partial charge in [-0.05, 0) is 39.7 Å². The van der Waals surface area contributed by atoms with Gasteiger partial charge in [0.15, 0.2) is 0 Å². The van der Waals surface area contributed by atoms with Crippen molar-refractivity contribution in [1.82, 2.24) is 13.9 Å². The zero-order valence-corrected chi connectivity index (χ0v) is 13.5. The number of hydrogen-bond acceptors (Lipinski definition) is 3. The first-order valence-corrected chi connectivity index (χ1v) is 8.75. The minimum absolute atomic E-state index is 0.00326. The van der Waals surface area contributed by atoms with Gasteiger partial charge < -0.3 is 5.32 Å². The summed E-state index contributed by atoms with van der Waals surface area (Å²) in [7, 11) is -1.65. The van der Waals surface area contributed by atoms with E-state index in [1.54, 1.807) is 11.4 Å². The molecule has 0 aromatic heterocycles. The molecule has 1 atom stereocenters. The summed E-state index contributed by atoms with van der Waals surface area (Å²) in [5.74, 6) is 0. The van der Waals surface area contributed by atoms with E-state index in [9.17, 15) is 8.42 Å². The third kappa shape index (κ3) is 4.70. The SMILES string of the molecule is CCCCN(C)S(=O)(=O)N(CC1CCCN1)C(C)C. The van der Waals surface area contributed by atoms with Crippen molar-refractivity contribution < 1.29 is 8.42 Å². The smallest absolute Gasteiger partial charge is 0.282 e. The first-order valence-electron chi connectivity index (χ1n) is 7.36. The zero-order chi connectivity index (χ0) is 14.5. The highest BCUT2D eigenvalue weighted by atomic mass is 32.2. The van der Waals surface area contributed by atoms with Crippen LogP contribution in [-0.4, -0.2) is 55.8 Å². The highest BCUT2D eigenvalue weighted by molar-refractivity contribution is 7.86. The van der Waals surface area contributed by atoms with E-state index in [-0.39, 0.29) is 6.04 Å². The van der Waals surface area contributed by atoms with Crippen molar-refractivity contribution >= 4 is 10.2 Å². The van der Waals surface area contributed by atoms with Gasteiger partial charge in [-0.25, -0.2) is 0 Å². The molecule has 1 unspecified atom stereocenters. The van der Waals surface area contributed by atoms with Crippen LogP contribution in [0, 0.1) is 0 Å². The van der Waals surface area contributed by atoms with Crippen LogP contribution in [0.15, 0.2) is 0 Å². The lowest BCUT2D eigenvalue weighted by Gasteiger charge is -2.32. The van der Waals surface area contributed by atoms with Gasteiger partial charge in [0.25, 0.3) is 10.2 Å². The maximum Gasteiger partial charge on any atom is 0.282 e. The van der Waals surface area contributed by atoms with Crippen LogP contribution in [0.1, 0.15) is 46.5 Å². The van der Waals surface area contributed by atoms with E-state index in [0.29, 0.717) is 19.1 Å². The summed E-state index contributed by atoms with van der Waals surface area (Å²) < 4.78 is 28.3. The lowest BCUT2D eigenvalue weighted by Crippen LogP contribution is -2.50. The van der Waals surface area contributed by atoms with E-state index in [1.807, 2.05) is 13.8 Å². The molecule has 0 amide bonds. The molecular formula is C13H29N3O2S. The van der Waals surface area contributed by atoms with Crippen LogP contribution in [0.5, 0.6) is 0 Å². The number of unbranched alkanes of at least 4 members (excludes halogenated alkanes) is 1. The first kappa shape index (κ1) is 16.9. The molecule has 1 fully saturated rings. The van der Waals surface area contributed by atoms with Gasteiger partial charge >= 0.3 is 0 Å². The van der Waals surface area contributed by atoms with Crippen LogP contribution in [-0.2, 0) is 10.2 Å². The number of rotatable bonds is 8. The molecule has 0 bridgehead atoms. The van der Waals surface area contributed by atoms with Crippen LogP contribution in [0.3, 0.4) is 0 Å². The monoisotopic (exact) mass is 291 g/mol. The molecule has 0 aromatic carbocycles. The van der Waals surface area contributed by atoms with Gasteiger partial charge in [-0.15, -0.1) is 0 Å². The molecule has 1 rings (SSSR count). The van der Waals surface area contributed by atoms with Gasteiger partial charge in [0.2, 0.25) is 0 Å². The van der Waals surface area contributed by atoms with Crippen molar-refractivity contribution in [2.24, 2.45) is 0 Å². The fourth-order valence-electron chi connectivity index (χ4n) is 2.38. The van der Waals surface area contributed by atoms with E-state index in [4.69, 9.17) is 0 Å². The van der Waals surface area contributed by atoms with Crippen molar-refractivity contribution in [3.05, 3.63) is 0 Å². The Morgan fingerprint density at radius 3 is 2.53 bits per heavy atom. The van der Waals surface area contributed by atoms with E-state index in [2.05, 4.69) is 12.2 Å². The maximum atomic E-state index is 12.6. The third-order valence-corrected chi connectivity index (χ3v) is 5.79. The van der Waals surface area contributed by atoms with Gasteiger partial charge in [-0.2, -0.15) is 17.0 Å². The molecule has 1 N–H and O–H groups in total. The Hall–Kier alpha value is -0.170. The molecule has 1 heterocycles. The second-order valence-corrected chi connectivity index (χ2v) is 7.63. The molecule has 0 aliphatic carbocycles. The number of nitrogens with one attached hydrogen (secondary N) is 1. The average molecular weight is 291 g/mol. The quantitative estimate of drug-likeness (QED) is 0.736. The average Bonchev–Trinajstić information content (AvgIpc) is 2.85. The normalized spacial score (nSPS) is 20.9. The van der Waals surface area contributed by atoms with Crippen LogP contribution < -0.4 is 5.32 Å². The molecule has 114 valence electrons. The third-order valence-electron chi connectivity index (χ3n) is 3.66. The highest BCUT2D eigenvalue weighted by Crippen LogP contribution is 2.16. The van der Waals surface area contributed by atoms with Crippen LogP contribution >= 0.6 is 0 Å². The minimum atomic E-state index is -3.33. The lowest BCUT2D eigenvalue weighted by atomic mass is 10.2. The summed E-state index contributed by atoms with van der Waals surface area (Å²) in [6.07, 6.45) is 4.12. The molecule has 0 radical (unpaired) electrons. The predicted octanol–water partition coefficient (Wildman–Crippen LogP) is 1.43. The summed E-state index contributed by atoms with van der Waals surface area (Å²) >= 11 is 0. The second kappa shape index (κ2) is 7.57. The van der Waals surface area contributed by atoms with Gasteiger partial charge in [0.1, 0.15) is 0 Å². The van der Waals surface area contributed by atoms with E-state index in [0.717, 1.165) is 32.2 Å². The van der Waals surface area contributed by atoms with E-state index < -0.39 is 10.2 Å². The van der Waals surface area contributed by atoms with Crippen LogP contribution in [0.4, 0.5) is 0 Å². The zero-order valence-electron chi connectivity index (χ0n) is 12.7. The molecule has 0 aromatic rings. The minimum Gasteiger partial charge on any atom is -0.313 e. The topological polar surface area (TPSA) is 52.7 Å². The van der Waals surface area contributed by atoms with Crippen LogP contribution in [0.25, 0.3) is 0 Å². The van der Waals surface area contributed by atoms with E-state index >= 15 is 0 Å². The fraction of sp³-hybridized carbons (Fsp3) is 1.00. The Balaban J connectivity index is 2.72. The number of hydrogen-bond donors (Lipinski definition) is 1. The molecule has 19 heavy (non-hydrogen) atoms. The molecule has 5 nitrogen and oxygen atoms in total. The first-order chi connectivity index (χ1) is 8.89. The van der Waals surface area contributed by atoms with Crippen LogP contribution in [0.2, 0.25) is 0 Å². The Bertz CT molecular complexity index is 351. The number of nitrogens with zero attached hydrogens (tertiary/aromatic N) is 2. The van der Waals surface area contributed by atoms with Gasteiger partial charge in [0.05, 0.1) is 0 Å². The summed E-state index contributed by atoms with van der Waals surface area (Å²) in [6, 6.07) is 0.299. The van der Waals surface area contributed by atoms with Gasteiger partial charge in [-0.1, -0.05) is 13.3 Å².